The van der Waals surface area contributed by atoms with Crippen LogP contribution in [0.3, 0.4) is 0 Å². The normalized spacial score (nSPS) is 15.3. The first kappa shape index (κ1) is 26.6. The molecule has 1 aliphatic heterocycles. The number of nitrogens with one attached hydrogen (secondary N) is 2. The molecule has 0 atom stereocenters. The Morgan fingerprint density at radius 2 is 2.00 bits per heavy atom. The van der Waals surface area contributed by atoms with Crippen LogP contribution in [0.15, 0.2) is 41.0 Å². The zero-order valence-electron chi connectivity index (χ0n) is 20.2. The Bertz CT molecular complexity index is 1110. The van der Waals surface area contributed by atoms with Gasteiger partial charge in [-0.3, -0.25) is 4.79 Å². The van der Waals surface area contributed by atoms with Crippen molar-refractivity contribution in [2.45, 2.75) is 61.6 Å². The summed E-state index contributed by atoms with van der Waals surface area (Å²) >= 11 is 7.62. The number of anilines is 3. The lowest BCUT2D eigenvalue weighted by Gasteiger charge is -2.40. The molecule has 0 aromatic carbocycles. The fraction of sp³-hybridized carbons (Fsp3) is 0.435. The molecule has 2 aromatic rings. The van der Waals surface area contributed by atoms with Crippen LogP contribution in [-0.2, 0) is 9.53 Å². The van der Waals surface area contributed by atoms with Gasteiger partial charge in [0.05, 0.1) is 11.2 Å². The highest BCUT2D eigenvalue weighted by atomic mass is 35.5. The van der Waals surface area contributed by atoms with Crippen molar-refractivity contribution >= 4 is 52.8 Å². The Hall–Kier alpha value is -3.05. The number of hydrogen-bond donors (Lipinski definition) is 3. The molecular weight excluding hydrogens is 490 g/mol. The van der Waals surface area contributed by atoms with E-state index >= 15 is 0 Å². The predicted octanol–water partition coefficient (Wildman–Crippen LogP) is 4.27. The number of halogens is 1. The summed E-state index contributed by atoms with van der Waals surface area (Å²) in [7, 11) is 0. The first-order chi connectivity index (χ1) is 16.4. The second kappa shape index (κ2) is 10.7. The number of aromatic nitrogens is 3. The van der Waals surface area contributed by atoms with Crippen molar-refractivity contribution in [1.29, 1.82) is 0 Å². The summed E-state index contributed by atoms with van der Waals surface area (Å²) in [6.07, 6.45) is 5.35. The SMILES string of the molecule is C=CC(=O)Nc1nccc(Sc2ncc(N3CCC(C)(NC(=O)OC(C)(C)C)CC3)nc2N)c1Cl. The summed E-state index contributed by atoms with van der Waals surface area (Å²) in [5.74, 6) is 0.730. The third-order valence-electron chi connectivity index (χ3n) is 5.23. The van der Waals surface area contributed by atoms with E-state index < -0.39 is 17.6 Å². The monoisotopic (exact) mass is 519 g/mol. The largest absolute Gasteiger partial charge is 0.444 e. The number of nitrogens with two attached hydrogens (primary N) is 1. The molecule has 1 fully saturated rings. The lowest BCUT2D eigenvalue weighted by molar-refractivity contribution is -0.111. The number of amides is 2. The van der Waals surface area contributed by atoms with Crippen LogP contribution in [0.2, 0.25) is 5.02 Å². The lowest BCUT2D eigenvalue weighted by atomic mass is 9.90. The summed E-state index contributed by atoms with van der Waals surface area (Å²) in [4.78, 5) is 39.6. The summed E-state index contributed by atoms with van der Waals surface area (Å²) in [6, 6.07) is 1.70. The van der Waals surface area contributed by atoms with Crippen LogP contribution in [0.25, 0.3) is 0 Å². The van der Waals surface area contributed by atoms with Gasteiger partial charge >= 0.3 is 6.09 Å². The Morgan fingerprint density at radius 3 is 2.60 bits per heavy atom. The van der Waals surface area contributed by atoms with E-state index in [2.05, 4.69) is 37.1 Å². The zero-order chi connectivity index (χ0) is 25.8. The van der Waals surface area contributed by atoms with Crippen molar-refractivity contribution in [2.75, 3.05) is 29.0 Å². The summed E-state index contributed by atoms with van der Waals surface area (Å²) < 4.78 is 5.39. The smallest absolute Gasteiger partial charge is 0.408 e. The maximum atomic E-state index is 12.2. The molecule has 0 saturated carbocycles. The Morgan fingerprint density at radius 1 is 1.31 bits per heavy atom. The fourth-order valence-electron chi connectivity index (χ4n) is 3.38. The van der Waals surface area contributed by atoms with Crippen molar-refractivity contribution in [2.24, 2.45) is 0 Å². The molecule has 0 aliphatic carbocycles. The number of rotatable bonds is 6. The molecule has 35 heavy (non-hydrogen) atoms. The minimum atomic E-state index is -0.546. The van der Waals surface area contributed by atoms with Crippen LogP contribution in [-0.4, -0.2) is 51.2 Å². The molecule has 188 valence electrons. The van der Waals surface area contributed by atoms with Crippen LogP contribution in [0.1, 0.15) is 40.5 Å². The van der Waals surface area contributed by atoms with E-state index in [1.165, 1.54) is 18.0 Å². The number of piperidine rings is 1. The van der Waals surface area contributed by atoms with Gasteiger partial charge in [-0.05, 0) is 52.7 Å². The van der Waals surface area contributed by atoms with Gasteiger partial charge in [0, 0.05) is 29.7 Å². The molecule has 12 heteroatoms. The minimum Gasteiger partial charge on any atom is -0.444 e. The van der Waals surface area contributed by atoms with Crippen molar-refractivity contribution in [3.63, 3.8) is 0 Å². The highest BCUT2D eigenvalue weighted by Crippen LogP contribution is 2.38. The average Bonchev–Trinajstić information content (AvgIpc) is 2.76. The van der Waals surface area contributed by atoms with Gasteiger partial charge < -0.3 is 26.0 Å². The summed E-state index contributed by atoms with van der Waals surface area (Å²) in [6.45, 7) is 12.3. The number of carbonyl (C=O) groups excluding carboxylic acids is 2. The highest BCUT2D eigenvalue weighted by molar-refractivity contribution is 7.99. The van der Waals surface area contributed by atoms with E-state index in [0.29, 0.717) is 28.8 Å². The predicted molar refractivity (Wildman–Crippen MR) is 138 cm³/mol. The summed E-state index contributed by atoms with van der Waals surface area (Å²) in [5, 5.41) is 6.31. The Labute approximate surface area is 214 Å². The lowest BCUT2D eigenvalue weighted by Crippen LogP contribution is -2.54. The molecule has 0 radical (unpaired) electrons. The van der Waals surface area contributed by atoms with Crippen molar-refractivity contribution in [3.8, 4) is 0 Å². The fourth-order valence-corrected chi connectivity index (χ4v) is 4.44. The van der Waals surface area contributed by atoms with E-state index in [-0.39, 0.29) is 22.2 Å². The minimum absolute atomic E-state index is 0.223. The molecule has 0 unspecified atom stereocenters. The molecule has 10 nitrogen and oxygen atoms in total. The van der Waals surface area contributed by atoms with Crippen LogP contribution in [0, 0.1) is 0 Å². The van der Waals surface area contributed by atoms with Crippen LogP contribution in [0.5, 0.6) is 0 Å². The van der Waals surface area contributed by atoms with Gasteiger partial charge in [0.1, 0.15) is 16.4 Å². The van der Waals surface area contributed by atoms with Gasteiger partial charge in [0.15, 0.2) is 11.6 Å². The topological polar surface area (TPSA) is 135 Å². The van der Waals surface area contributed by atoms with Gasteiger partial charge in [-0.1, -0.05) is 29.9 Å². The molecule has 1 saturated heterocycles. The van der Waals surface area contributed by atoms with Crippen LogP contribution >= 0.6 is 23.4 Å². The third-order valence-corrected chi connectivity index (χ3v) is 6.80. The molecule has 4 N–H and O–H groups in total. The van der Waals surface area contributed by atoms with E-state index in [4.69, 9.17) is 22.1 Å². The number of ether oxygens (including phenoxy) is 1. The van der Waals surface area contributed by atoms with Crippen LogP contribution in [0.4, 0.5) is 22.2 Å². The summed E-state index contributed by atoms with van der Waals surface area (Å²) in [5.41, 5.74) is 5.29. The number of hydrogen-bond acceptors (Lipinski definition) is 9. The second-order valence-corrected chi connectivity index (χ2v) is 10.8. The first-order valence-corrected chi connectivity index (χ1v) is 12.2. The van der Waals surface area contributed by atoms with E-state index in [9.17, 15) is 9.59 Å². The van der Waals surface area contributed by atoms with Gasteiger partial charge in [-0.2, -0.15) is 0 Å². The van der Waals surface area contributed by atoms with Gasteiger partial charge in [0.25, 0.3) is 0 Å². The molecule has 0 spiro atoms. The van der Waals surface area contributed by atoms with Gasteiger partial charge in [-0.15, -0.1) is 0 Å². The average molecular weight is 520 g/mol. The third kappa shape index (κ3) is 7.22. The van der Waals surface area contributed by atoms with E-state index in [0.717, 1.165) is 18.9 Å². The van der Waals surface area contributed by atoms with E-state index in [1.807, 2.05) is 27.7 Å². The van der Waals surface area contributed by atoms with Gasteiger partial charge in [0.2, 0.25) is 5.91 Å². The number of nitrogen functional groups attached to an aromatic ring is 1. The van der Waals surface area contributed by atoms with Crippen LogP contribution < -0.4 is 21.3 Å². The molecule has 1 aliphatic rings. The number of nitrogens with zero attached hydrogens (tertiary/aromatic N) is 4. The first-order valence-electron chi connectivity index (χ1n) is 11.0. The van der Waals surface area contributed by atoms with Gasteiger partial charge in [-0.25, -0.2) is 19.7 Å². The Kier molecular flexibility index (Phi) is 8.11. The van der Waals surface area contributed by atoms with E-state index in [1.54, 1.807) is 12.3 Å². The number of carbonyl (C=O) groups is 2. The molecule has 0 bridgehead atoms. The molecule has 3 heterocycles. The second-order valence-electron chi connectivity index (χ2n) is 9.36. The standard InChI is InChI=1S/C23H30ClN7O3S/c1-6-16(32)29-19-17(24)14(7-10-26-19)35-20-18(25)28-15(13-27-20)31-11-8-23(5,9-12-31)30-21(33)34-22(2,3)4/h6-7,10,13H,1,8-9,11-12H2,2-5H3,(H2,25,28)(H,30,33)(H,26,29,32). The quantitative estimate of drug-likeness (QED) is 0.478. The van der Waals surface area contributed by atoms with Crippen molar-refractivity contribution < 1.29 is 14.3 Å². The molecule has 2 aromatic heterocycles. The maximum Gasteiger partial charge on any atom is 0.408 e. The molecule has 3 rings (SSSR count). The Balaban J connectivity index is 1.64. The van der Waals surface area contributed by atoms with Crippen molar-refractivity contribution in [3.05, 3.63) is 36.1 Å². The number of pyridine rings is 1. The zero-order valence-corrected chi connectivity index (χ0v) is 21.8. The highest BCUT2D eigenvalue weighted by Gasteiger charge is 2.33. The number of alkyl carbamates (subject to hydrolysis) is 1. The maximum absolute atomic E-state index is 12.2. The molecule has 2 amide bonds. The van der Waals surface area contributed by atoms with Crippen molar-refractivity contribution in [1.82, 2.24) is 20.3 Å². The molecular formula is C23H30ClN7O3S.